The highest BCUT2D eigenvalue weighted by atomic mass is 16.1. The topological polar surface area (TPSA) is 47.8 Å². The average molecular weight is 215 g/mol. The van der Waals surface area contributed by atoms with Gasteiger partial charge < -0.3 is 0 Å². The second-order valence-electron chi connectivity index (χ2n) is 3.64. The van der Waals surface area contributed by atoms with Gasteiger partial charge in [-0.05, 0) is 25.5 Å². The van der Waals surface area contributed by atoms with Crippen molar-refractivity contribution in [1.29, 1.82) is 0 Å². The van der Waals surface area contributed by atoms with Crippen LogP contribution in [-0.2, 0) is 6.42 Å². The Morgan fingerprint density at radius 1 is 1.31 bits per heavy atom. The van der Waals surface area contributed by atoms with Crippen LogP contribution in [-0.4, -0.2) is 21.3 Å². The van der Waals surface area contributed by atoms with Gasteiger partial charge in [0.2, 0.25) is 0 Å². The summed E-state index contributed by atoms with van der Waals surface area (Å²) in [5.74, 6) is 0. The van der Waals surface area contributed by atoms with Crippen LogP contribution in [0.5, 0.6) is 0 Å². The van der Waals surface area contributed by atoms with Crippen LogP contribution in [0.25, 0.3) is 5.69 Å². The van der Waals surface area contributed by atoms with E-state index in [2.05, 4.69) is 10.3 Å². The Morgan fingerprint density at radius 2 is 2.00 bits per heavy atom. The number of aryl methyl sites for hydroxylation is 1. The summed E-state index contributed by atoms with van der Waals surface area (Å²) in [5, 5.41) is 7.84. The number of hydrogen-bond acceptors (Lipinski definition) is 3. The highest BCUT2D eigenvalue weighted by Gasteiger charge is 2.11. The van der Waals surface area contributed by atoms with Gasteiger partial charge in [-0.2, -0.15) is 0 Å². The van der Waals surface area contributed by atoms with Gasteiger partial charge in [-0.3, -0.25) is 4.79 Å². The number of benzene rings is 1. The second kappa shape index (κ2) is 4.26. The Kier molecular flexibility index (Phi) is 2.81. The fourth-order valence-corrected chi connectivity index (χ4v) is 1.63. The van der Waals surface area contributed by atoms with Crippen LogP contribution >= 0.6 is 0 Å². The molecule has 1 aromatic heterocycles. The van der Waals surface area contributed by atoms with Crippen LogP contribution < -0.4 is 0 Å². The molecule has 0 saturated carbocycles. The molecule has 82 valence electrons. The highest BCUT2D eigenvalue weighted by Crippen LogP contribution is 2.13. The van der Waals surface area contributed by atoms with Crippen molar-refractivity contribution in [3.05, 3.63) is 41.2 Å². The lowest BCUT2D eigenvalue weighted by Crippen LogP contribution is -2.02. The summed E-state index contributed by atoms with van der Waals surface area (Å²) < 4.78 is 1.71. The molecule has 0 amide bonds. The zero-order chi connectivity index (χ0) is 11.5. The first-order valence-electron chi connectivity index (χ1n) is 5.23. The molecule has 0 N–H and O–H groups in total. The molecule has 0 fully saturated rings. The Labute approximate surface area is 93.9 Å². The molecule has 0 atom stereocenters. The van der Waals surface area contributed by atoms with Crippen LogP contribution in [0.15, 0.2) is 24.3 Å². The molecule has 4 nitrogen and oxygen atoms in total. The zero-order valence-electron chi connectivity index (χ0n) is 9.34. The first-order chi connectivity index (χ1) is 7.76. The summed E-state index contributed by atoms with van der Waals surface area (Å²) in [6, 6.07) is 7.96. The molecule has 0 aliphatic rings. The van der Waals surface area contributed by atoms with Crippen molar-refractivity contribution in [2.24, 2.45) is 0 Å². The van der Waals surface area contributed by atoms with E-state index in [-0.39, 0.29) is 0 Å². The summed E-state index contributed by atoms with van der Waals surface area (Å²) >= 11 is 0. The lowest BCUT2D eigenvalue weighted by atomic mass is 10.2. The highest BCUT2D eigenvalue weighted by molar-refractivity contribution is 5.73. The van der Waals surface area contributed by atoms with E-state index in [4.69, 9.17) is 0 Å². The molecule has 0 saturated heterocycles. The normalized spacial score (nSPS) is 10.4. The maximum Gasteiger partial charge on any atom is 0.172 e. The van der Waals surface area contributed by atoms with Gasteiger partial charge >= 0.3 is 0 Å². The monoisotopic (exact) mass is 215 g/mol. The maximum atomic E-state index is 10.8. The van der Waals surface area contributed by atoms with Gasteiger partial charge in [0.1, 0.15) is 5.69 Å². The zero-order valence-corrected chi connectivity index (χ0v) is 9.34. The molecule has 1 heterocycles. The predicted octanol–water partition coefficient (Wildman–Crippen LogP) is 1.95. The molecule has 0 unspecified atom stereocenters. The Hall–Kier alpha value is -1.97. The summed E-state index contributed by atoms with van der Waals surface area (Å²) in [4.78, 5) is 10.8. The molecular formula is C12H13N3O. The van der Waals surface area contributed by atoms with Gasteiger partial charge in [0.25, 0.3) is 0 Å². The van der Waals surface area contributed by atoms with Crippen LogP contribution in [0.4, 0.5) is 0 Å². The number of hydrogen-bond donors (Lipinski definition) is 0. The third-order valence-corrected chi connectivity index (χ3v) is 2.52. The predicted molar refractivity (Wildman–Crippen MR) is 60.9 cm³/mol. The van der Waals surface area contributed by atoms with Gasteiger partial charge in [0, 0.05) is 0 Å². The number of carbonyl (C=O) groups is 1. The lowest BCUT2D eigenvalue weighted by Gasteiger charge is -2.04. The van der Waals surface area contributed by atoms with E-state index in [9.17, 15) is 4.79 Å². The molecule has 0 spiro atoms. The summed E-state index contributed by atoms with van der Waals surface area (Å²) in [7, 11) is 0. The Morgan fingerprint density at radius 3 is 2.56 bits per heavy atom. The maximum absolute atomic E-state index is 10.8. The molecule has 1 aromatic carbocycles. The van der Waals surface area contributed by atoms with E-state index in [0.29, 0.717) is 5.69 Å². The first kappa shape index (κ1) is 10.5. The van der Waals surface area contributed by atoms with Gasteiger partial charge in [-0.1, -0.05) is 29.8 Å². The molecule has 0 bridgehead atoms. The summed E-state index contributed by atoms with van der Waals surface area (Å²) in [5.41, 5.74) is 3.39. The third-order valence-electron chi connectivity index (χ3n) is 2.52. The van der Waals surface area contributed by atoms with Crippen molar-refractivity contribution in [3.8, 4) is 5.69 Å². The molecular weight excluding hydrogens is 202 g/mol. The minimum atomic E-state index is 0.420. The van der Waals surface area contributed by atoms with Gasteiger partial charge in [0.15, 0.2) is 6.29 Å². The quantitative estimate of drug-likeness (QED) is 0.735. The van der Waals surface area contributed by atoms with Gasteiger partial charge in [-0.25, -0.2) is 4.68 Å². The first-order valence-corrected chi connectivity index (χ1v) is 5.23. The van der Waals surface area contributed by atoms with E-state index in [0.717, 1.165) is 24.1 Å². The van der Waals surface area contributed by atoms with Gasteiger partial charge in [-0.15, -0.1) is 5.10 Å². The van der Waals surface area contributed by atoms with Crippen molar-refractivity contribution < 1.29 is 4.79 Å². The molecule has 0 aliphatic heterocycles. The molecule has 2 rings (SSSR count). The Balaban J connectivity index is 2.51. The van der Waals surface area contributed by atoms with Crippen LogP contribution in [0, 0.1) is 6.92 Å². The number of aldehydes is 1. The molecule has 0 radical (unpaired) electrons. The smallest absolute Gasteiger partial charge is 0.172 e. The van der Waals surface area contributed by atoms with Crippen molar-refractivity contribution in [1.82, 2.24) is 15.0 Å². The third kappa shape index (κ3) is 1.74. The van der Waals surface area contributed by atoms with E-state index >= 15 is 0 Å². The van der Waals surface area contributed by atoms with Crippen LogP contribution in [0.1, 0.15) is 28.7 Å². The number of nitrogens with zero attached hydrogens (tertiary/aromatic N) is 3. The molecule has 0 aliphatic carbocycles. The second-order valence-corrected chi connectivity index (χ2v) is 3.64. The molecule has 2 aromatic rings. The minimum absolute atomic E-state index is 0.420. The van der Waals surface area contributed by atoms with Gasteiger partial charge in [0.05, 0.1) is 11.4 Å². The van der Waals surface area contributed by atoms with Crippen molar-refractivity contribution in [3.63, 3.8) is 0 Å². The molecule has 4 heteroatoms. The van der Waals surface area contributed by atoms with Crippen LogP contribution in [0.3, 0.4) is 0 Å². The van der Waals surface area contributed by atoms with E-state index < -0.39 is 0 Å². The minimum Gasteiger partial charge on any atom is -0.296 e. The largest absolute Gasteiger partial charge is 0.296 e. The number of aromatic nitrogens is 3. The SMILES string of the molecule is CCc1c(C=O)nnn1-c1ccc(C)cc1. The van der Waals surface area contributed by atoms with E-state index in [1.165, 1.54) is 5.56 Å². The standard InChI is InChI=1S/C12H13N3O/c1-3-12-11(8-16)13-14-15(12)10-6-4-9(2)5-7-10/h4-8H,3H2,1-2H3. The molecule has 16 heavy (non-hydrogen) atoms. The fraction of sp³-hybridized carbons (Fsp3) is 0.250. The number of rotatable bonds is 3. The summed E-state index contributed by atoms with van der Waals surface area (Å²) in [6.07, 6.45) is 1.48. The van der Waals surface area contributed by atoms with Crippen molar-refractivity contribution >= 4 is 6.29 Å². The van der Waals surface area contributed by atoms with E-state index in [1.807, 2.05) is 38.1 Å². The lowest BCUT2D eigenvalue weighted by molar-refractivity contribution is 0.111. The van der Waals surface area contributed by atoms with Crippen molar-refractivity contribution in [2.75, 3.05) is 0 Å². The van der Waals surface area contributed by atoms with Crippen molar-refractivity contribution in [2.45, 2.75) is 20.3 Å². The average Bonchev–Trinajstić information content (AvgIpc) is 2.72. The number of carbonyl (C=O) groups excluding carboxylic acids is 1. The van der Waals surface area contributed by atoms with Crippen LogP contribution in [0.2, 0.25) is 0 Å². The van der Waals surface area contributed by atoms with E-state index in [1.54, 1.807) is 4.68 Å². The Bertz CT molecular complexity index is 499. The fourth-order valence-electron chi connectivity index (χ4n) is 1.63. The summed E-state index contributed by atoms with van der Waals surface area (Å²) in [6.45, 7) is 4.01.